The second-order valence-corrected chi connectivity index (χ2v) is 6.44. The van der Waals surface area contributed by atoms with Gasteiger partial charge in [-0.1, -0.05) is 33.1 Å². The molecule has 0 spiro atoms. The molecule has 4 nitrogen and oxygen atoms in total. The lowest BCUT2D eigenvalue weighted by Crippen LogP contribution is -2.36. The second-order valence-electron chi connectivity index (χ2n) is 6.44. The smallest absolute Gasteiger partial charge is 0.211 e. The summed E-state index contributed by atoms with van der Waals surface area (Å²) in [6.45, 7) is 5.64. The Morgan fingerprint density at radius 3 is 2.52 bits per heavy atom. The Morgan fingerprint density at radius 1 is 1.14 bits per heavy atom. The van der Waals surface area contributed by atoms with Crippen LogP contribution in [0, 0.1) is 17.3 Å². The topological polar surface area (TPSA) is 58.9 Å². The molecule has 0 aromatic rings. The Bertz CT molecular complexity index is 398. The molecular weight excluding hydrogens is 264 g/mol. The van der Waals surface area contributed by atoms with Gasteiger partial charge in [0.05, 0.1) is 13.1 Å². The molecule has 0 N–H and O–H groups in total. The van der Waals surface area contributed by atoms with E-state index in [9.17, 15) is 9.59 Å². The molecule has 0 aromatic carbocycles. The van der Waals surface area contributed by atoms with Crippen molar-refractivity contribution in [3.05, 3.63) is 0 Å². The summed E-state index contributed by atoms with van der Waals surface area (Å²) in [4.78, 5) is 28.2. The van der Waals surface area contributed by atoms with Crippen molar-refractivity contribution in [2.24, 2.45) is 27.2 Å². The quantitative estimate of drug-likeness (QED) is 0.365. The zero-order valence-electron chi connectivity index (χ0n) is 13.4. The van der Waals surface area contributed by atoms with E-state index in [0.29, 0.717) is 13.1 Å². The predicted octanol–water partition coefficient (Wildman–Crippen LogP) is 4.05. The second kappa shape index (κ2) is 9.65. The van der Waals surface area contributed by atoms with Crippen molar-refractivity contribution in [1.82, 2.24) is 0 Å². The molecule has 0 aromatic heterocycles. The highest BCUT2D eigenvalue weighted by Gasteiger charge is 2.39. The Hall–Kier alpha value is -1.24. The lowest BCUT2D eigenvalue weighted by molar-refractivity contribution is 0.0761. The largest absolute Gasteiger partial charge is 0.234 e. The SMILES string of the molecule is CCCC1CC(CCCN=C=O)(CN=C=O)CCC1CC. The van der Waals surface area contributed by atoms with Gasteiger partial charge in [-0.15, -0.1) is 0 Å². The first-order chi connectivity index (χ1) is 10.2. The Kier molecular flexibility index (Phi) is 8.19. The number of hydrogen-bond donors (Lipinski definition) is 0. The minimum absolute atomic E-state index is 0.112. The van der Waals surface area contributed by atoms with Crippen LogP contribution in [-0.2, 0) is 9.59 Å². The van der Waals surface area contributed by atoms with Gasteiger partial charge in [-0.2, -0.15) is 0 Å². The maximum atomic E-state index is 10.5. The normalized spacial score (nSPS) is 28.5. The summed E-state index contributed by atoms with van der Waals surface area (Å²) >= 11 is 0. The van der Waals surface area contributed by atoms with Gasteiger partial charge in [-0.05, 0) is 49.4 Å². The van der Waals surface area contributed by atoms with Crippen LogP contribution in [0.1, 0.15) is 65.2 Å². The minimum Gasteiger partial charge on any atom is -0.211 e. The van der Waals surface area contributed by atoms with Gasteiger partial charge in [0.25, 0.3) is 0 Å². The van der Waals surface area contributed by atoms with Crippen LogP contribution in [0.4, 0.5) is 0 Å². The fourth-order valence-electron chi connectivity index (χ4n) is 4.03. The number of nitrogens with zero attached hydrogens (tertiary/aromatic N) is 2. The number of aliphatic imine (C=N–C) groups is 2. The average molecular weight is 292 g/mol. The van der Waals surface area contributed by atoms with Crippen molar-refractivity contribution in [3.8, 4) is 0 Å². The van der Waals surface area contributed by atoms with Crippen LogP contribution in [0.2, 0.25) is 0 Å². The average Bonchev–Trinajstić information content (AvgIpc) is 2.50. The van der Waals surface area contributed by atoms with Crippen LogP contribution in [0.5, 0.6) is 0 Å². The molecule has 0 saturated heterocycles. The van der Waals surface area contributed by atoms with E-state index in [1.54, 1.807) is 12.2 Å². The molecule has 1 aliphatic carbocycles. The monoisotopic (exact) mass is 292 g/mol. The molecule has 0 radical (unpaired) electrons. The van der Waals surface area contributed by atoms with Gasteiger partial charge in [-0.25, -0.2) is 19.6 Å². The van der Waals surface area contributed by atoms with E-state index < -0.39 is 0 Å². The zero-order valence-corrected chi connectivity index (χ0v) is 13.4. The summed E-state index contributed by atoms with van der Waals surface area (Å²) in [5.74, 6) is 1.55. The highest BCUT2D eigenvalue weighted by Crippen LogP contribution is 2.48. The van der Waals surface area contributed by atoms with Crippen LogP contribution in [0.15, 0.2) is 9.98 Å². The molecule has 1 rings (SSSR count). The molecule has 3 atom stereocenters. The van der Waals surface area contributed by atoms with Gasteiger partial charge in [0.2, 0.25) is 12.2 Å². The first-order valence-corrected chi connectivity index (χ1v) is 8.28. The number of carbonyl (C=O) groups excluding carboxylic acids is 2. The van der Waals surface area contributed by atoms with Crippen molar-refractivity contribution < 1.29 is 9.59 Å². The van der Waals surface area contributed by atoms with Gasteiger partial charge in [0, 0.05) is 0 Å². The molecule has 1 aliphatic rings. The molecule has 21 heavy (non-hydrogen) atoms. The van der Waals surface area contributed by atoms with Gasteiger partial charge < -0.3 is 0 Å². The van der Waals surface area contributed by atoms with Crippen LogP contribution in [0.25, 0.3) is 0 Å². The molecule has 0 amide bonds. The van der Waals surface area contributed by atoms with E-state index in [4.69, 9.17) is 0 Å². The Morgan fingerprint density at radius 2 is 1.90 bits per heavy atom. The first-order valence-electron chi connectivity index (χ1n) is 8.28. The third-order valence-electron chi connectivity index (χ3n) is 5.11. The van der Waals surface area contributed by atoms with Crippen molar-refractivity contribution in [1.29, 1.82) is 0 Å². The molecule has 4 heteroatoms. The third kappa shape index (κ3) is 5.57. The van der Waals surface area contributed by atoms with Crippen LogP contribution in [0.3, 0.4) is 0 Å². The number of isocyanates is 2. The van der Waals surface area contributed by atoms with Crippen LogP contribution >= 0.6 is 0 Å². The predicted molar refractivity (Wildman–Crippen MR) is 83.7 cm³/mol. The number of hydrogen-bond acceptors (Lipinski definition) is 4. The van der Waals surface area contributed by atoms with E-state index in [1.807, 2.05) is 0 Å². The molecule has 1 saturated carbocycles. The maximum Gasteiger partial charge on any atom is 0.234 e. The molecule has 118 valence electrons. The van der Waals surface area contributed by atoms with E-state index >= 15 is 0 Å². The van der Waals surface area contributed by atoms with Gasteiger partial charge in [0.15, 0.2) is 0 Å². The summed E-state index contributed by atoms with van der Waals surface area (Å²) in [5, 5.41) is 0. The molecular formula is C17H28N2O2. The van der Waals surface area contributed by atoms with E-state index in [2.05, 4.69) is 23.8 Å². The lowest BCUT2D eigenvalue weighted by atomic mass is 9.62. The molecule has 3 unspecified atom stereocenters. The van der Waals surface area contributed by atoms with E-state index in [1.165, 1.54) is 25.7 Å². The third-order valence-corrected chi connectivity index (χ3v) is 5.11. The summed E-state index contributed by atoms with van der Waals surface area (Å²) in [6.07, 6.45) is 12.4. The van der Waals surface area contributed by atoms with E-state index in [-0.39, 0.29) is 5.41 Å². The Balaban J connectivity index is 2.75. The maximum absolute atomic E-state index is 10.5. The molecule has 1 fully saturated rings. The van der Waals surface area contributed by atoms with Crippen LogP contribution < -0.4 is 0 Å². The standard InChI is InChI=1S/C17H28N2O2/c1-3-6-16-11-17(12-19-14-21,8-5-10-18-13-20)9-7-15(16)4-2/h15-16H,3-12H2,1-2H3. The van der Waals surface area contributed by atoms with Gasteiger partial charge in [-0.3, -0.25) is 0 Å². The molecule has 0 bridgehead atoms. The fraction of sp³-hybridized carbons (Fsp3) is 0.882. The summed E-state index contributed by atoms with van der Waals surface area (Å²) in [7, 11) is 0. The van der Waals surface area contributed by atoms with Crippen molar-refractivity contribution in [2.45, 2.75) is 65.2 Å². The molecule has 0 heterocycles. The van der Waals surface area contributed by atoms with Crippen molar-refractivity contribution >= 4 is 12.2 Å². The fourth-order valence-corrected chi connectivity index (χ4v) is 4.03. The molecule has 0 aliphatic heterocycles. The Labute approximate surface area is 128 Å². The van der Waals surface area contributed by atoms with Gasteiger partial charge >= 0.3 is 0 Å². The summed E-state index contributed by atoms with van der Waals surface area (Å²) < 4.78 is 0. The minimum atomic E-state index is 0.112. The lowest BCUT2D eigenvalue weighted by Gasteiger charge is -2.44. The zero-order chi connectivity index (χ0) is 15.6. The number of rotatable bonds is 9. The highest BCUT2D eigenvalue weighted by atomic mass is 16.1. The van der Waals surface area contributed by atoms with Crippen LogP contribution in [-0.4, -0.2) is 25.2 Å². The van der Waals surface area contributed by atoms with Crippen molar-refractivity contribution in [2.75, 3.05) is 13.1 Å². The summed E-state index contributed by atoms with van der Waals surface area (Å²) in [5.41, 5.74) is 0.112. The summed E-state index contributed by atoms with van der Waals surface area (Å²) in [6, 6.07) is 0. The van der Waals surface area contributed by atoms with E-state index in [0.717, 1.165) is 37.5 Å². The highest BCUT2D eigenvalue weighted by molar-refractivity contribution is 5.33. The van der Waals surface area contributed by atoms with Gasteiger partial charge in [0.1, 0.15) is 0 Å². The van der Waals surface area contributed by atoms with Crippen molar-refractivity contribution in [3.63, 3.8) is 0 Å². The first kappa shape index (κ1) is 17.8.